The molecule has 2 atom stereocenters. The van der Waals surface area contributed by atoms with Crippen molar-refractivity contribution in [3.8, 4) is 0 Å². The number of carboxylic acid groups (broad SMARTS) is 1. The molecule has 2 rings (SSSR count). The predicted molar refractivity (Wildman–Crippen MR) is 84.2 cm³/mol. The van der Waals surface area contributed by atoms with Crippen LogP contribution in [0.2, 0.25) is 10.2 Å². The maximum Gasteiger partial charge on any atom is 0.405 e. The van der Waals surface area contributed by atoms with Gasteiger partial charge in [-0.3, -0.25) is 0 Å². The fraction of sp³-hybridized carbons (Fsp3) is 0.200. The van der Waals surface area contributed by atoms with Gasteiger partial charge >= 0.3 is 6.09 Å². The smallest absolute Gasteiger partial charge is 0.405 e. The first kappa shape index (κ1) is 16.5. The van der Waals surface area contributed by atoms with Gasteiger partial charge in [-0.2, -0.15) is 0 Å². The first-order chi connectivity index (χ1) is 10.3. The number of rotatable bonds is 4. The average Bonchev–Trinajstić information content (AvgIpc) is 2.47. The average molecular weight is 341 g/mol. The third kappa shape index (κ3) is 3.50. The molecule has 0 aliphatic carbocycles. The van der Waals surface area contributed by atoms with Crippen LogP contribution in [0.25, 0.3) is 0 Å². The monoisotopic (exact) mass is 340 g/mol. The molecule has 0 spiro atoms. The van der Waals surface area contributed by atoms with Crippen molar-refractivity contribution in [3.63, 3.8) is 0 Å². The third-order valence-electron chi connectivity index (χ3n) is 3.43. The Kier molecular flexibility index (Phi) is 4.90. The van der Waals surface area contributed by atoms with Crippen molar-refractivity contribution in [3.05, 3.63) is 63.9 Å². The minimum Gasteiger partial charge on any atom is -0.465 e. The number of pyridine rings is 1. The molecule has 116 valence electrons. The van der Waals surface area contributed by atoms with E-state index in [1.807, 2.05) is 0 Å². The van der Waals surface area contributed by atoms with Gasteiger partial charge in [0, 0.05) is 11.2 Å². The van der Waals surface area contributed by atoms with E-state index in [1.165, 1.54) is 12.3 Å². The van der Waals surface area contributed by atoms with Gasteiger partial charge in [0.05, 0.1) is 5.54 Å². The van der Waals surface area contributed by atoms with E-state index in [0.29, 0.717) is 16.1 Å². The molecule has 22 heavy (non-hydrogen) atoms. The zero-order valence-corrected chi connectivity index (χ0v) is 13.1. The van der Waals surface area contributed by atoms with Gasteiger partial charge in [-0.15, -0.1) is 0 Å². The lowest BCUT2D eigenvalue weighted by Crippen LogP contribution is -2.47. The van der Waals surface area contributed by atoms with Gasteiger partial charge in [-0.25, -0.2) is 9.78 Å². The van der Waals surface area contributed by atoms with Gasteiger partial charge in [0.15, 0.2) is 0 Å². The molecule has 5 nitrogen and oxygen atoms in total. The summed E-state index contributed by atoms with van der Waals surface area (Å²) in [5, 5.41) is 22.9. The Bertz CT molecular complexity index is 661. The van der Waals surface area contributed by atoms with E-state index in [0.717, 1.165) is 0 Å². The van der Waals surface area contributed by atoms with E-state index in [2.05, 4.69) is 10.3 Å². The molecule has 0 radical (unpaired) electrons. The molecular formula is C15H14Cl2N2O3. The van der Waals surface area contributed by atoms with Crippen LogP contribution in [-0.2, 0) is 5.54 Å². The minimum absolute atomic E-state index is 0.280. The van der Waals surface area contributed by atoms with Gasteiger partial charge < -0.3 is 15.5 Å². The van der Waals surface area contributed by atoms with Gasteiger partial charge in [-0.1, -0.05) is 41.4 Å². The Morgan fingerprint density at radius 1 is 1.23 bits per heavy atom. The first-order valence-electron chi connectivity index (χ1n) is 6.39. The van der Waals surface area contributed by atoms with Crippen LogP contribution in [0.15, 0.2) is 42.6 Å². The summed E-state index contributed by atoms with van der Waals surface area (Å²) in [5.74, 6) is 0. The standard InChI is InChI=1S/C15H14Cl2N2O3/c1-15(19-14(21)22,10-4-7-12(17)18-8-10)13(20)9-2-5-11(16)6-3-9/h2-8,13,19-20H,1H3,(H,21,22). The van der Waals surface area contributed by atoms with Crippen molar-refractivity contribution in [1.82, 2.24) is 10.3 Å². The Hall–Kier alpha value is -1.82. The number of amides is 1. The highest BCUT2D eigenvalue weighted by Gasteiger charge is 2.38. The molecule has 0 aliphatic heterocycles. The van der Waals surface area contributed by atoms with E-state index < -0.39 is 17.7 Å². The van der Waals surface area contributed by atoms with E-state index >= 15 is 0 Å². The number of nitrogens with one attached hydrogen (secondary N) is 1. The Balaban J connectivity index is 2.46. The Morgan fingerprint density at radius 2 is 1.86 bits per heavy atom. The highest BCUT2D eigenvalue weighted by molar-refractivity contribution is 6.30. The number of aliphatic hydroxyl groups excluding tert-OH is 1. The van der Waals surface area contributed by atoms with Crippen molar-refractivity contribution in [2.24, 2.45) is 0 Å². The second-order valence-electron chi connectivity index (χ2n) is 4.96. The summed E-state index contributed by atoms with van der Waals surface area (Å²) >= 11 is 11.6. The zero-order chi connectivity index (χ0) is 16.3. The van der Waals surface area contributed by atoms with Crippen molar-refractivity contribution in [2.45, 2.75) is 18.6 Å². The van der Waals surface area contributed by atoms with Gasteiger partial charge in [0.25, 0.3) is 0 Å². The van der Waals surface area contributed by atoms with Crippen molar-refractivity contribution < 1.29 is 15.0 Å². The lowest BCUT2D eigenvalue weighted by molar-refractivity contribution is 0.0656. The van der Waals surface area contributed by atoms with Gasteiger partial charge in [-0.05, 0) is 36.2 Å². The number of aromatic nitrogens is 1. The van der Waals surface area contributed by atoms with Crippen LogP contribution in [0.5, 0.6) is 0 Å². The molecule has 0 saturated carbocycles. The summed E-state index contributed by atoms with van der Waals surface area (Å²) in [4.78, 5) is 15.1. The lowest BCUT2D eigenvalue weighted by Gasteiger charge is -2.35. The minimum atomic E-state index is -1.29. The number of hydrogen-bond acceptors (Lipinski definition) is 3. The maximum atomic E-state index is 11.2. The topological polar surface area (TPSA) is 82.5 Å². The molecule has 2 unspecified atom stereocenters. The molecule has 0 saturated heterocycles. The Morgan fingerprint density at radius 3 is 2.36 bits per heavy atom. The number of carbonyl (C=O) groups is 1. The molecule has 2 aromatic rings. The van der Waals surface area contributed by atoms with E-state index in [4.69, 9.17) is 28.3 Å². The summed E-state index contributed by atoms with van der Waals surface area (Å²) in [6.07, 6.45) is -0.966. The molecule has 0 aliphatic rings. The van der Waals surface area contributed by atoms with Crippen LogP contribution in [0.3, 0.4) is 0 Å². The number of nitrogens with zero attached hydrogens (tertiary/aromatic N) is 1. The largest absolute Gasteiger partial charge is 0.465 e. The van der Waals surface area contributed by atoms with Gasteiger partial charge in [0.1, 0.15) is 11.3 Å². The van der Waals surface area contributed by atoms with Crippen LogP contribution < -0.4 is 5.32 Å². The number of halogens is 2. The molecule has 0 fully saturated rings. The molecule has 1 aromatic carbocycles. The normalized spacial score (nSPS) is 14.9. The second-order valence-corrected chi connectivity index (χ2v) is 5.78. The van der Waals surface area contributed by atoms with Crippen LogP contribution in [0.1, 0.15) is 24.2 Å². The van der Waals surface area contributed by atoms with Crippen LogP contribution in [0, 0.1) is 0 Å². The Labute approximate surface area is 137 Å². The fourth-order valence-corrected chi connectivity index (χ4v) is 2.42. The second kappa shape index (κ2) is 6.52. The number of hydrogen-bond donors (Lipinski definition) is 3. The molecule has 3 N–H and O–H groups in total. The first-order valence-corrected chi connectivity index (χ1v) is 7.15. The van der Waals surface area contributed by atoms with Crippen LogP contribution in [-0.4, -0.2) is 21.3 Å². The molecule has 1 heterocycles. The maximum absolute atomic E-state index is 11.2. The molecular weight excluding hydrogens is 327 g/mol. The van der Waals surface area contributed by atoms with Crippen LogP contribution >= 0.6 is 23.2 Å². The van der Waals surface area contributed by atoms with Crippen molar-refractivity contribution in [1.29, 1.82) is 0 Å². The molecule has 0 bridgehead atoms. The summed E-state index contributed by atoms with van der Waals surface area (Å²) in [5.41, 5.74) is -0.283. The fourth-order valence-electron chi connectivity index (χ4n) is 2.18. The molecule has 1 amide bonds. The number of aliphatic hydroxyl groups is 1. The summed E-state index contributed by atoms with van der Waals surface area (Å²) in [6, 6.07) is 9.68. The predicted octanol–water partition coefficient (Wildman–Crippen LogP) is 3.60. The van der Waals surface area contributed by atoms with E-state index in [1.54, 1.807) is 37.3 Å². The summed E-state index contributed by atoms with van der Waals surface area (Å²) in [7, 11) is 0. The highest BCUT2D eigenvalue weighted by atomic mass is 35.5. The quantitative estimate of drug-likeness (QED) is 0.742. The van der Waals surface area contributed by atoms with Crippen molar-refractivity contribution in [2.75, 3.05) is 0 Å². The van der Waals surface area contributed by atoms with Crippen LogP contribution in [0.4, 0.5) is 4.79 Å². The number of benzene rings is 1. The lowest BCUT2D eigenvalue weighted by atomic mass is 9.83. The highest BCUT2D eigenvalue weighted by Crippen LogP contribution is 2.35. The van der Waals surface area contributed by atoms with Crippen molar-refractivity contribution >= 4 is 29.3 Å². The summed E-state index contributed by atoms with van der Waals surface area (Å²) in [6.45, 7) is 1.57. The van der Waals surface area contributed by atoms with Gasteiger partial charge in [0.2, 0.25) is 0 Å². The molecule has 7 heteroatoms. The van der Waals surface area contributed by atoms with E-state index in [9.17, 15) is 9.90 Å². The molecule has 1 aromatic heterocycles. The summed E-state index contributed by atoms with van der Waals surface area (Å²) < 4.78 is 0. The third-order valence-corrected chi connectivity index (χ3v) is 3.90. The SMILES string of the molecule is CC(NC(=O)O)(c1ccc(Cl)nc1)C(O)c1ccc(Cl)cc1. The van der Waals surface area contributed by atoms with E-state index in [-0.39, 0.29) is 5.15 Å². The zero-order valence-electron chi connectivity index (χ0n) is 11.6.